The Bertz CT molecular complexity index is 769. The largest absolute Gasteiger partial charge is 0.456 e. The van der Waals surface area contributed by atoms with E-state index in [4.69, 9.17) is 14.2 Å². The summed E-state index contributed by atoms with van der Waals surface area (Å²) in [6.45, 7) is 0. The fraction of sp³-hybridized carbons (Fsp3) is 0.875. The van der Waals surface area contributed by atoms with E-state index in [9.17, 15) is 4.79 Å². The molecule has 12 unspecified atom stereocenters. The second kappa shape index (κ2) is 5.06. The number of hydrogen-bond donors (Lipinski definition) is 0. The molecule has 0 aromatic heterocycles. The third-order valence-corrected chi connectivity index (χ3v) is 10.6. The summed E-state index contributed by atoms with van der Waals surface area (Å²) in [7, 11) is 0. The van der Waals surface area contributed by atoms with Gasteiger partial charge in [0.25, 0.3) is 0 Å². The van der Waals surface area contributed by atoms with E-state index in [-0.39, 0.29) is 41.9 Å². The van der Waals surface area contributed by atoms with Crippen molar-refractivity contribution in [2.45, 2.75) is 81.4 Å². The Kier molecular flexibility index (Phi) is 2.87. The number of rotatable bonds is 2. The van der Waals surface area contributed by atoms with Crippen LogP contribution in [0.25, 0.3) is 0 Å². The van der Waals surface area contributed by atoms with Gasteiger partial charge in [0.15, 0.2) is 6.10 Å². The molecule has 4 saturated carbocycles. The molecule has 150 valence electrons. The van der Waals surface area contributed by atoms with Gasteiger partial charge < -0.3 is 14.2 Å². The summed E-state index contributed by atoms with van der Waals surface area (Å²) in [5, 5.41) is 0. The summed E-state index contributed by atoms with van der Waals surface area (Å²) in [4.78, 5) is 13.3. The molecule has 0 N–H and O–H groups in total. The number of esters is 1. The van der Waals surface area contributed by atoms with E-state index < -0.39 is 0 Å². The lowest BCUT2D eigenvalue weighted by atomic mass is 9.69. The Morgan fingerprint density at radius 1 is 0.964 bits per heavy atom. The van der Waals surface area contributed by atoms with Gasteiger partial charge in [-0.1, -0.05) is 25.0 Å². The molecule has 8 aliphatic rings. The third kappa shape index (κ3) is 1.72. The van der Waals surface area contributed by atoms with Crippen LogP contribution in [-0.4, -0.2) is 36.0 Å². The van der Waals surface area contributed by atoms with Crippen molar-refractivity contribution in [1.29, 1.82) is 0 Å². The molecular weight excluding hydrogens is 352 g/mol. The molecule has 0 amide bonds. The number of allylic oxidation sites excluding steroid dienone is 2. The van der Waals surface area contributed by atoms with Crippen LogP contribution in [0.1, 0.15) is 51.4 Å². The van der Waals surface area contributed by atoms with E-state index >= 15 is 0 Å². The van der Waals surface area contributed by atoms with Crippen LogP contribution >= 0.6 is 0 Å². The van der Waals surface area contributed by atoms with Gasteiger partial charge in [0.2, 0.25) is 0 Å². The van der Waals surface area contributed by atoms with Gasteiger partial charge in [0.1, 0.15) is 6.10 Å². The quantitative estimate of drug-likeness (QED) is 0.417. The van der Waals surface area contributed by atoms with Crippen molar-refractivity contribution in [1.82, 2.24) is 0 Å². The second-order valence-electron chi connectivity index (χ2n) is 11.3. The second-order valence-corrected chi connectivity index (χ2v) is 11.3. The zero-order valence-electron chi connectivity index (χ0n) is 16.4. The molecule has 3 saturated heterocycles. The summed E-state index contributed by atoms with van der Waals surface area (Å²) in [5.74, 6) is 5.27. The lowest BCUT2D eigenvalue weighted by molar-refractivity contribution is -0.167. The molecule has 4 nitrogen and oxygen atoms in total. The first kappa shape index (κ1) is 15.9. The van der Waals surface area contributed by atoms with Crippen LogP contribution in [0.2, 0.25) is 0 Å². The highest BCUT2D eigenvalue weighted by Gasteiger charge is 2.70. The minimum absolute atomic E-state index is 0.00238. The molecule has 3 heterocycles. The number of fused-ring (bicyclic) bond motifs is 11. The lowest BCUT2D eigenvalue weighted by Gasteiger charge is -2.36. The first-order valence-corrected chi connectivity index (χ1v) is 11.9. The predicted octanol–water partition coefficient (Wildman–Crippen LogP) is 3.49. The van der Waals surface area contributed by atoms with Gasteiger partial charge in [-0.15, -0.1) is 0 Å². The summed E-state index contributed by atoms with van der Waals surface area (Å²) in [5.41, 5.74) is 0.0420. The fourth-order valence-corrected chi connectivity index (χ4v) is 9.77. The van der Waals surface area contributed by atoms with E-state index in [1.807, 2.05) is 0 Å². The van der Waals surface area contributed by atoms with Gasteiger partial charge in [-0.25, -0.2) is 0 Å². The van der Waals surface area contributed by atoms with Crippen LogP contribution in [0, 0.1) is 47.3 Å². The molecular formula is C24H30O4. The van der Waals surface area contributed by atoms with Crippen molar-refractivity contribution >= 4 is 5.97 Å². The van der Waals surface area contributed by atoms with Crippen LogP contribution in [0.5, 0.6) is 0 Å². The summed E-state index contributed by atoms with van der Waals surface area (Å²) in [6.07, 6.45) is 14.7. The monoisotopic (exact) mass is 382 g/mol. The zero-order chi connectivity index (χ0) is 18.2. The molecule has 4 heteroatoms. The van der Waals surface area contributed by atoms with Crippen molar-refractivity contribution in [2.75, 3.05) is 0 Å². The Hall–Kier alpha value is -0.870. The van der Waals surface area contributed by atoms with Gasteiger partial charge in [0, 0.05) is 5.92 Å². The normalized spacial score (nSPS) is 60.4. The Morgan fingerprint density at radius 2 is 1.79 bits per heavy atom. The Morgan fingerprint density at radius 3 is 2.64 bits per heavy atom. The van der Waals surface area contributed by atoms with Gasteiger partial charge in [0.05, 0.1) is 23.7 Å². The van der Waals surface area contributed by atoms with Crippen LogP contribution in [0.4, 0.5) is 0 Å². The van der Waals surface area contributed by atoms with Gasteiger partial charge in [-0.2, -0.15) is 0 Å². The average molecular weight is 383 g/mol. The fourth-order valence-electron chi connectivity index (χ4n) is 9.77. The van der Waals surface area contributed by atoms with Crippen LogP contribution in [0.3, 0.4) is 0 Å². The first-order chi connectivity index (χ1) is 13.7. The molecule has 8 rings (SSSR count). The zero-order valence-corrected chi connectivity index (χ0v) is 16.4. The number of ether oxygens (including phenoxy) is 3. The van der Waals surface area contributed by atoms with Gasteiger partial charge in [-0.3, -0.25) is 4.79 Å². The average Bonchev–Trinajstić information content (AvgIpc) is 3.53. The molecule has 6 bridgehead atoms. The molecule has 7 fully saturated rings. The molecule has 0 aromatic rings. The van der Waals surface area contributed by atoms with Crippen LogP contribution < -0.4 is 0 Å². The molecule has 12 atom stereocenters. The van der Waals surface area contributed by atoms with Crippen molar-refractivity contribution < 1.29 is 19.0 Å². The first-order valence-electron chi connectivity index (χ1n) is 11.9. The standard InChI is InChI=1S/C24H30O4/c25-23(15-9-13-8-14(15)19-12-4-3-11(7-12)18(13)19)27-21-17-10-16-20(26-17)22(21)28-24(16)5-1-2-6-24/h3-4,11-22H,1-2,5-10H2. The highest BCUT2D eigenvalue weighted by molar-refractivity contribution is 5.74. The summed E-state index contributed by atoms with van der Waals surface area (Å²) in [6, 6.07) is 0. The van der Waals surface area contributed by atoms with E-state index in [0.717, 1.165) is 42.4 Å². The van der Waals surface area contributed by atoms with Gasteiger partial charge in [-0.05, 0) is 74.0 Å². The third-order valence-electron chi connectivity index (χ3n) is 10.6. The number of carbonyl (C=O) groups excluding carboxylic acids is 1. The lowest BCUT2D eigenvalue weighted by Crippen LogP contribution is -2.43. The molecule has 28 heavy (non-hydrogen) atoms. The Labute approximate surface area is 166 Å². The summed E-state index contributed by atoms with van der Waals surface area (Å²) < 4.78 is 19.1. The Balaban J connectivity index is 1.02. The van der Waals surface area contributed by atoms with Crippen LogP contribution in [0.15, 0.2) is 12.2 Å². The maximum Gasteiger partial charge on any atom is 0.309 e. The molecule has 1 spiro atoms. The SMILES string of the molecule is O=C(OC1C2CC3C(O2)C1OC31CCCC1)C1CC2CC1C1C3C=CC(C3)C21. The molecule has 5 aliphatic carbocycles. The molecule has 0 radical (unpaired) electrons. The smallest absolute Gasteiger partial charge is 0.309 e. The summed E-state index contributed by atoms with van der Waals surface area (Å²) >= 11 is 0. The van der Waals surface area contributed by atoms with E-state index in [1.54, 1.807) is 0 Å². The van der Waals surface area contributed by atoms with Crippen molar-refractivity contribution in [3.8, 4) is 0 Å². The van der Waals surface area contributed by atoms with Crippen molar-refractivity contribution in [2.24, 2.45) is 47.3 Å². The minimum Gasteiger partial charge on any atom is -0.456 e. The number of carbonyl (C=O) groups is 1. The van der Waals surface area contributed by atoms with E-state index in [1.165, 1.54) is 38.5 Å². The maximum absolute atomic E-state index is 13.3. The predicted molar refractivity (Wildman–Crippen MR) is 100 cm³/mol. The number of hydrogen-bond acceptors (Lipinski definition) is 4. The highest BCUT2D eigenvalue weighted by Crippen LogP contribution is 2.67. The maximum atomic E-state index is 13.3. The topological polar surface area (TPSA) is 44.8 Å². The van der Waals surface area contributed by atoms with E-state index in [2.05, 4.69) is 12.2 Å². The van der Waals surface area contributed by atoms with E-state index in [0.29, 0.717) is 11.8 Å². The molecule has 0 aromatic carbocycles. The van der Waals surface area contributed by atoms with Crippen LogP contribution in [-0.2, 0) is 19.0 Å². The molecule has 3 aliphatic heterocycles. The minimum atomic E-state index is -0.149. The van der Waals surface area contributed by atoms with Crippen molar-refractivity contribution in [3.63, 3.8) is 0 Å². The van der Waals surface area contributed by atoms with Crippen molar-refractivity contribution in [3.05, 3.63) is 12.2 Å². The highest BCUT2D eigenvalue weighted by atomic mass is 16.6. The van der Waals surface area contributed by atoms with Gasteiger partial charge >= 0.3 is 5.97 Å².